The molecule has 1 N–H and O–H groups in total. The molecule has 2 aromatic heterocycles. The second-order valence-electron chi connectivity index (χ2n) is 7.03. The third-order valence-electron chi connectivity index (χ3n) is 4.95. The van der Waals surface area contributed by atoms with E-state index in [1.165, 1.54) is 17.4 Å². The van der Waals surface area contributed by atoms with Gasteiger partial charge in [0.15, 0.2) is 5.76 Å². The van der Waals surface area contributed by atoms with Crippen LogP contribution in [0.15, 0.2) is 53.1 Å². The molecule has 0 bridgehead atoms. The second-order valence-corrected chi connectivity index (χ2v) is 8.29. The molecule has 0 saturated carbocycles. The van der Waals surface area contributed by atoms with E-state index >= 15 is 0 Å². The van der Waals surface area contributed by atoms with Crippen LogP contribution in [0.25, 0.3) is 0 Å². The molecule has 4 rings (SSSR count). The number of anilines is 1. The van der Waals surface area contributed by atoms with Crippen molar-refractivity contribution < 1.29 is 13.9 Å². The Morgan fingerprint density at radius 2 is 1.89 bits per heavy atom. The summed E-state index contributed by atoms with van der Waals surface area (Å²) in [4.78, 5) is 16.2. The first-order chi connectivity index (χ1) is 13.6. The molecule has 1 atom stereocenters. The molecule has 1 amide bonds. The maximum absolute atomic E-state index is 12.6. The summed E-state index contributed by atoms with van der Waals surface area (Å²) in [6.45, 7) is 7.33. The van der Waals surface area contributed by atoms with E-state index in [1.807, 2.05) is 0 Å². The van der Waals surface area contributed by atoms with Gasteiger partial charge >= 0.3 is 0 Å². The fourth-order valence-electron chi connectivity index (χ4n) is 3.58. The predicted octanol–water partition coefficient (Wildman–Crippen LogP) is 4.63. The van der Waals surface area contributed by atoms with Gasteiger partial charge in [0.2, 0.25) is 0 Å². The standard InChI is InChI=1S/C22H24N2O3S/c1-15-5-7-17(8-6-15)20(24-9-12-26-13-10-24)18-14-16(2)28-22(18)23-21(25)19-4-3-11-27-19/h3-8,11,14,20H,9-10,12-13H2,1-2H3,(H,23,25)/t20-/m0/s1. The number of hydrogen-bond acceptors (Lipinski definition) is 5. The number of furan rings is 1. The normalized spacial score (nSPS) is 16.1. The Morgan fingerprint density at radius 3 is 2.57 bits per heavy atom. The highest BCUT2D eigenvalue weighted by Gasteiger charge is 2.28. The van der Waals surface area contributed by atoms with Crippen molar-refractivity contribution in [1.29, 1.82) is 0 Å². The van der Waals surface area contributed by atoms with Crippen molar-refractivity contribution in [1.82, 2.24) is 4.90 Å². The lowest BCUT2D eigenvalue weighted by Gasteiger charge is -2.35. The van der Waals surface area contributed by atoms with Crippen molar-refractivity contribution in [2.45, 2.75) is 19.9 Å². The van der Waals surface area contributed by atoms with Gasteiger partial charge in [-0.1, -0.05) is 29.8 Å². The zero-order chi connectivity index (χ0) is 19.5. The summed E-state index contributed by atoms with van der Waals surface area (Å²) in [5.41, 5.74) is 3.57. The van der Waals surface area contributed by atoms with Gasteiger partial charge < -0.3 is 14.5 Å². The van der Waals surface area contributed by atoms with Crippen LogP contribution in [0.5, 0.6) is 0 Å². The zero-order valence-electron chi connectivity index (χ0n) is 16.1. The number of aryl methyl sites for hydroxylation is 2. The Morgan fingerprint density at radius 1 is 1.14 bits per heavy atom. The highest BCUT2D eigenvalue weighted by atomic mass is 32.1. The smallest absolute Gasteiger partial charge is 0.291 e. The van der Waals surface area contributed by atoms with Gasteiger partial charge in [0.05, 0.1) is 25.5 Å². The van der Waals surface area contributed by atoms with Gasteiger partial charge in [-0.2, -0.15) is 0 Å². The summed E-state index contributed by atoms with van der Waals surface area (Å²) < 4.78 is 10.8. The van der Waals surface area contributed by atoms with Gasteiger partial charge in [-0.05, 0) is 37.6 Å². The largest absolute Gasteiger partial charge is 0.459 e. The summed E-state index contributed by atoms with van der Waals surface area (Å²) in [6.07, 6.45) is 1.51. The number of thiophene rings is 1. The highest BCUT2D eigenvalue weighted by Crippen LogP contribution is 2.39. The van der Waals surface area contributed by atoms with E-state index in [-0.39, 0.29) is 11.9 Å². The Kier molecular flexibility index (Phi) is 5.62. The average molecular weight is 397 g/mol. The Bertz CT molecular complexity index is 925. The van der Waals surface area contributed by atoms with Crippen LogP contribution in [0.4, 0.5) is 5.00 Å². The van der Waals surface area contributed by atoms with Crippen LogP contribution in [0.1, 0.15) is 38.2 Å². The van der Waals surface area contributed by atoms with Crippen LogP contribution in [0.3, 0.4) is 0 Å². The molecule has 0 unspecified atom stereocenters. The number of nitrogens with zero attached hydrogens (tertiary/aromatic N) is 1. The lowest BCUT2D eigenvalue weighted by molar-refractivity contribution is 0.0241. The molecule has 1 aliphatic rings. The van der Waals surface area contributed by atoms with Crippen LogP contribution in [0, 0.1) is 13.8 Å². The molecule has 5 nitrogen and oxygen atoms in total. The Labute approximate surface area is 168 Å². The van der Waals surface area contributed by atoms with Gasteiger partial charge in [0.25, 0.3) is 5.91 Å². The first-order valence-electron chi connectivity index (χ1n) is 9.45. The first kappa shape index (κ1) is 18.9. The molecule has 6 heteroatoms. The van der Waals surface area contributed by atoms with Crippen molar-refractivity contribution in [3.63, 3.8) is 0 Å². The summed E-state index contributed by atoms with van der Waals surface area (Å²) >= 11 is 1.60. The quantitative estimate of drug-likeness (QED) is 0.683. The summed E-state index contributed by atoms with van der Waals surface area (Å²) in [5, 5.41) is 3.93. The van der Waals surface area contributed by atoms with E-state index in [4.69, 9.17) is 9.15 Å². The molecule has 1 saturated heterocycles. The third kappa shape index (κ3) is 4.04. The van der Waals surface area contributed by atoms with Crippen molar-refractivity contribution >= 4 is 22.2 Å². The lowest BCUT2D eigenvalue weighted by Crippen LogP contribution is -2.39. The fourth-order valence-corrected chi connectivity index (χ4v) is 4.52. The van der Waals surface area contributed by atoms with E-state index in [0.717, 1.165) is 41.7 Å². The highest BCUT2D eigenvalue weighted by molar-refractivity contribution is 7.16. The summed E-state index contributed by atoms with van der Waals surface area (Å²) in [6, 6.07) is 14.3. The molecular weight excluding hydrogens is 372 g/mol. The maximum atomic E-state index is 12.6. The second kappa shape index (κ2) is 8.31. The molecule has 0 aliphatic carbocycles. The number of carbonyl (C=O) groups is 1. The number of rotatable bonds is 5. The van der Waals surface area contributed by atoms with E-state index in [1.54, 1.807) is 23.5 Å². The topological polar surface area (TPSA) is 54.7 Å². The molecule has 1 aliphatic heterocycles. The van der Waals surface area contributed by atoms with Crippen LogP contribution < -0.4 is 5.32 Å². The van der Waals surface area contributed by atoms with E-state index < -0.39 is 0 Å². The summed E-state index contributed by atoms with van der Waals surface area (Å²) in [7, 11) is 0. The van der Waals surface area contributed by atoms with Gasteiger partial charge in [-0.25, -0.2) is 0 Å². The fraction of sp³-hybridized carbons (Fsp3) is 0.318. The SMILES string of the molecule is Cc1ccc([C@@H](c2cc(C)sc2NC(=O)c2ccco2)N2CCOCC2)cc1. The van der Waals surface area contributed by atoms with E-state index in [9.17, 15) is 4.79 Å². The molecule has 0 spiro atoms. The van der Waals surface area contributed by atoms with Crippen molar-refractivity contribution in [2.75, 3.05) is 31.6 Å². The Balaban J connectivity index is 1.71. The van der Waals surface area contributed by atoms with E-state index in [0.29, 0.717) is 5.76 Å². The van der Waals surface area contributed by atoms with Gasteiger partial charge in [0.1, 0.15) is 5.00 Å². The molecular formula is C22H24N2O3S. The van der Waals surface area contributed by atoms with Crippen molar-refractivity contribution in [3.05, 3.63) is 76.1 Å². The number of hydrogen-bond donors (Lipinski definition) is 1. The van der Waals surface area contributed by atoms with Crippen molar-refractivity contribution in [2.24, 2.45) is 0 Å². The molecule has 146 valence electrons. The molecule has 3 aromatic rings. The average Bonchev–Trinajstić information content (AvgIpc) is 3.35. The minimum Gasteiger partial charge on any atom is -0.459 e. The van der Waals surface area contributed by atoms with E-state index in [2.05, 4.69) is 54.4 Å². The number of nitrogens with one attached hydrogen (secondary N) is 1. The number of amides is 1. The molecule has 3 heterocycles. The van der Waals surface area contributed by atoms with Gasteiger partial charge in [0, 0.05) is 23.5 Å². The molecule has 1 fully saturated rings. The van der Waals surface area contributed by atoms with Gasteiger partial charge in [-0.15, -0.1) is 11.3 Å². The van der Waals surface area contributed by atoms with Crippen LogP contribution >= 0.6 is 11.3 Å². The molecule has 0 radical (unpaired) electrons. The monoisotopic (exact) mass is 396 g/mol. The minimum atomic E-state index is -0.224. The molecule has 28 heavy (non-hydrogen) atoms. The van der Waals surface area contributed by atoms with Crippen LogP contribution in [0.2, 0.25) is 0 Å². The molecule has 1 aromatic carbocycles. The lowest BCUT2D eigenvalue weighted by atomic mass is 9.97. The zero-order valence-corrected chi connectivity index (χ0v) is 16.9. The maximum Gasteiger partial charge on any atom is 0.291 e. The first-order valence-corrected chi connectivity index (χ1v) is 10.3. The number of benzene rings is 1. The third-order valence-corrected chi connectivity index (χ3v) is 5.94. The van der Waals surface area contributed by atoms with Crippen LogP contribution in [-0.4, -0.2) is 37.1 Å². The summed E-state index contributed by atoms with van der Waals surface area (Å²) in [5.74, 6) is 0.0907. The minimum absolute atomic E-state index is 0.0707. The van der Waals surface area contributed by atoms with Crippen LogP contribution in [-0.2, 0) is 4.74 Å². The number of morpholine rings is 1. The number of ether oxygens (including phenoxy) is 1. The van der Waals surface area contributed by atoms with Gasteiger partial charge in [-0.3, -0.25) is 9.69 Å². The number of carbonyl (C=O) groups excluding carboxylic acids is 1. The predicted molar refractivity (Wildman–Crippen MR) is 111 cm³/mol. The van der Waals surface area contributed by atoms with Crippen molar-refractivity contribution in [3.8, 4) is 0 Å². The Hall–Kier alpha value is -2.41.